The van der Waals surface area contributed by atoms with Gasteiger partial charge in [0.05, 0.1) is 41.9 Å². The van der Waals surface area contributed by atoms with Gasteiger partial charge in [-0.2, -0.15) is 0 Å². The molecule has 0 N–H and O–H groups in total. The lowest BCUT2D eigenvalue weighted by Gasteiger charge is -2.31. The first-order valence-corrected chi connectivity index (χ1v) is 18.4. The Morgan fingerprint density at radius 1 is 0.885 bits per heavy atom. The van der Waals surface area contributed by atoms with Gasteiger partial charge in [-0.3, -0.25) is 0 Å². The van der Waals surface area contributed by atoms with Crippen molar-refractivity contribution >= 4 is 11.0 Å². The fourth-order valence-electron chi connectivity index (χ4n) is 7.11. The van der Waals surface area contributed by atoms with Crippen LogP contribution in [0.2, 0.25) is 0 Å². The third-order valence-corrected chi connectivity index (χ3v) is 10.4. The summed E-state index contributed by atoms with van der Waals surface area (Å²) in [6, 6.07) is 8.67. The van der Waals surface area contributed by atoms with Gasteiger partial charge in [-0.15, -0.1) is 0 Å². The quantitative estimate of drug-likeness (QED) is 0.115. The Balaban J connectivity index is 0.952. The van der Waals surface area contributed by atoms with E-state index in [-0.39, 0.29) is 23.2 Å². The third-order valence-electron chi connectivity index (χ3n) is 10.4. The van der Waals surface area contributed by atoms with Gasteiger partial charge in [-0.1, -0.05) is 17.2 Å². The number of fused-ring (bicyclic) bond motifs is 2. The van der Waals surface area contributed by atoms with Crippen LogP contribution in [0.25, 0.3) is 11.0 Å². The lowest BCUT2D eigenvalue weighted by atomic mass is 9.95. The molecule has 2 saturated heterocycles. The predicted octanol–water partition coefficient (Wildman–Crippen LogP) is 8.88. The van der Waals surface area contributed by atoms with Gasteiger partial charge < -0.3 is 37.6 Å². The van der Waals surface area contributed by atoms with Crippen LogP contribution in [0.15, 0.2) is 122 Å². The van der Waals surface area contributed by atoms with Crippen molar-refractivity contribution in [2.75, 3.05) is 19.8 Å². The Kier molecular flexibility index (Phi) is 10.1. The van der Waals surface area contributed by atoms with Gasteiger partial charge in [-0.05, 0) is 122 Å². The number of rotatable bonds is 13. The fraction of sp³-hybridized carbons (Fsp3) is 0.465. The normalized spacial score (nSPS) is 27.3. The highest BCUT2D eigenvalue weighted by molar-refractivity contribution is 5.77. The fourth-order valence-corrected chi connectivity index (χ4v) is 7.11. The Bertz CT molecular complexity index is 1950. The number of allylic oxidation sites excluding steroid dienone is 5. The number of hydrogen-bond donors (Lipinski definition) is 0. The van der Waals surface area contributed by atoms with Crippen LogP contribution in [-0.4, -0.2) is 49.2 Å². The van der Waals surface area contributed by atoms with Crippen molar-refractivity contribution in [3.05, 3.63) is 123 Å². The largest absolute Gasteiger partial charge is 0.500 e. The standard InChI is InChI=1S/C43H50O9/c1-28(19-24-46-32-14-11-30-13-17-39(44)48-36(30)26-32)8-7-9-37-42(5,6)52-43(51-37)22-18-34-35(49-43)15-12-31-27-45-23-21-33(31)40(34)47-25-20-29(2)10-16-38-41(3,4)50-38/h11-15,17-23,26,31,37-38H,7-10,16,24-25,27H2,1-6H3/b28-19+,29-20+/t31?,37?,38?,43-/m0/s1. The van der Waals surface area contributed by atoms with E-state index in [4.69, 9.17) is 37.6 Å². The van der Waals surface area contributed by atoms with Gasteiger partial charge in [0.2, 0.25) is 0 Å². The van der Waals surface area contributed by atoms with Gasteiger partial charge >= 0.3 is 11.6 Å². The Hall–Kier alpha value is -4.31. The average Bonchev–Trinajstić information content (AvgIpc) is 3.69. The summed E-state index contributed by atoms with van der Waals surface area (Å²) >= 11 is 0. The zero-order valence-corrected chi connectivity index (χ0v) is 31.1. The first-order chi connectivity index (χ1) is 24.9. The van der Waals surface area contributed by atoms with Crippen LogP contribution in [0, 0.1) is 5.92 Å². The highest BCUT2D eigenvalue weighted by Gasteiger charge is 2.54. The minimum Gasteiger partial charge on any atom is -0.500 e. The van der Waals surface area contributed by atoms with Crippen molar-refractivity contribution in [3.63, 3.8) is 0 Å². The van der Waals surface area contributed by atoms with Gasteiger partial charge in [0.15, 0.2) is 0 Å². The second-order valence-corrected chi connectivity index (χ2v) is 15.3. The van der Waals surface area contributed by atoms with Crippen LogP contribution in [0.5, 0.6) is 5.75 Å². The maximum Gasteiger partial charge on any atom is 0.350 e. The molecule has 1 spiro atoms. The first kappa shape index (κ1) is 36.1. The summed E-state index contributed by atoms with van der Waals surface area (Å²) in [7, 11) is 0. The van der Waals surface area contributed by atoms with Crippen LogP contribution in [-0.2, 0) is 28.4 Å². The second kappa shape index (κ2) is 14.6. The molecule has 0 radical (unpaired) electrons. The minimum absolute atomic E-state index is 0.00714. The summed E-state index contributed by atoms with van der Waals surface area (Å²) in [4.78, 5) is 11.6. The van der Waals surface area contributed by atoms with E-state index in [0.29, 0.717) is 43.0 Å². The maximum absolute atomic E-state index is 11.6. The highest BCUT2D eigenvalue weighted by atomic mass is 16.9. The van der Waals surface area contributed by atoms with Gasteiger partial charge in [0.1, 0.15) is 36.1 Å². The molecule has 1 aromatic heterocycles. The van der Waals surface area contributed by atoms with Crippen molar-refractivity contribution in [3.8, 4) is 5.75 Å². The van der Waals surface area contributed by atoms with E-state index >= 15 is 0 Å². The van der Waals surface area contributed by atoms with Crippen LogP contribution in [0.3, 0.4) is 0 Å². The third kappa shape index (κ3) is 8.17. The zero-order chi connectivity index (χ0) is 36.5. The van der Waals surface area contributed by atoms with E-state index < -0.39 is 11.6 Å². The first-order valence-electron chi connectivity index (χ1n) is 18.4. The van der Waals surface area contributed by atoms with Crippen LogP contribution < -0.4 is 10.4 Å². The molecular weight excluding hydrogens is 660 g/mol. The topological polar surface area (TPSA) is 98.1 Å². The van der Waals surface area contributed by atoms with Crippen molar-refractivity contribution in [2.45, 2.75) is 103 Å². The molecule has 4 aliphatic heterocycles. The predicted molar refractivity (Wildman–Crippen MR) is 198 cm³/mol. The molecule has 9 nitrogen and oxygen atoms in total. The maximum atomic E-state index is 11.6. The lowest BCUT2D eigenvalue weighted by molar-refractivity contribution is -0.297. The van der Waals surface area contributed by atoms with E-state index in [1.165, 1.54) is 17.2 Å². The van der Waals surface area contributed by atoms with E-state index in [9.17, 15) is 4.79 Å². The Labute approximate surface area is 305 Å². The van der Waals surface area contributed by atoms with Gasteiger partial charge in [0, 0.05) is 35.1 Å². The van der Waals surface area contributed by atoms with E-state index in [1.807, 2.05) is 36.4 Å². The van der Waals surface area contributed by atoms with Gasteiger partial charge in [-0.25, -0.2) is 4.79 Å². The zero-order valence-electron chi connectivity index (χ0n) is 31.1. The molecule has 3 unspecified atom stereocenters. The molecule has 0 amide bonds. The number of hydrogen-bond acceptors (Lipinski definition) is 9. The number of epoxide rings is 1. The van der Waals surface area contributed by atoms with E-state index in [2.05, 4.69) is 59.8 Å². The summed E-state index contributed by atoms with van der Waals surface area (Å²) in [5.74, 6) is 0.775. The summed E-state index contributed by atoms with van der Waals surface area (Å²) in [6.07, 6.45) is 20.6. The van der Waals surface area contributed by atoms with E-state index in [0.717, 1.165) is 54.4 Å². The van der Waals surface area contributed by atoms with Crippen LogP contribution >= 0.6 is 0 Å². The molecular formula is C43H50O9. The molecule has 0 saturated carbocycles. The summed E-state index contributed by atoms with van der Waals surface area (Å²) in [6.45, 7) is 14.0. The molecule has 7 rings (SSSR count). The summed E-state index contributed by atoms with van der Waals surface area (Å²) < 4.78 is 48.9. The van der Waals surface area contributed by atoms with Crippen molar-refractivity contribution in [1.29, 1.82) is 0 Å². The minimum atomic E-state index is -1.33. The molecule has 276 valence electrons. The summed E-state index contributed by atoms with van der Waals surface area (Å²) in [5.41, 5.74) is 3.98. The molecule has 4 atom stereocenters. The SMILES string of the molecule is C/C(=C\COc1ccc2ccc(=O)oc2c1)CCCC1O[C@@]2(C=CC3=C(C=CC4COC=CC4=C3OC/C=C(\C)CCC3OC3(C)C)O2)OC1(C)C. The molecule has 1 aliphatic carbocycles. The molecule has 52 heavy (non-hydrogen) atoms. The monoisotopic (exact) mass is 710 g/mol. The van der Waals surface area contributed by atoms with Gasteiger partial charge in [0.25, 0.3) is 0 Å². The van der Waals surface area contributed by atoms with Crippen LogP contribution in [0.1, 0.15) is 73.6 Å². The van der Waals surface area contributed by atoms with Crippen molar-refractivity contribution in [2.24, 2.45) is 5.92 Å². The molecule has 0 bridgehead atoms. The molecule has 5 aliphatic rings. The Morgan fingerprint density at radius 3 is 2.44 bits per heavy atom. The smallest absolute Gasteiger partial charge is 0.350 e. The molecule has 9 heteroatoms. The molecule has 2 fully saturated rings. The molecule has 1 aromatic carbocycles. The number of benzene rings is 1. The average molecular weight is 711 g/mol. The molecule has 5 heterocycles. The van der Waals surface area contributed by atoms with E-state index in [1.54, 1.807) is 18.4 Å². The lowest BCUT2D eigenvalue weighted by Crippen LogP contribution is -2.36. The number of ether oxygens (including phenoxy) is 7. The Morgan fingerprint density at radius 2 is 1.63 bits per heavy atom. The van der Waals surface area contributed by atoms with Crippen molar-refractivity contribution < 1.29 is 37.6 Å². The molecule has 2 aromatic rings. The summed E-state index contributed by atoms with van der Waals surface area (Å²) in [5, 5.41) is 0.855. The second-order valence-electron chi connectivity index (χ2n) is 15.3. The highest BCUT2D eigenvalue weighted by Crippen LogP contribution is 2.46. The van der Waals surface area contributed by atoms with Crippen molar-refractivity contribution in [1.82, 2.24) is 0 Å². The van der Waals surface area contributed by atoms with Crippen LogP contribution in [0.4, 0.5) is 0 Å².